The van der Waals surface area contributed by atoms with Gasteiger partial charge < -0.3 is 21.7 Å². The minimum atomic E-state index is -0.411. The molecule has 1 aliphatic rings. The molecule has 0 bridgehead atoms. The minimum absolute atomic E-state index is 0.0930. The molecule has 0 saturated carbocycles. The lowest BCUT2D eigenvalue weighted by Crippen LogP contribution is -2.43. The maximum atomic E-state index is 12.4. The molecule has 1 saturated heterocycles. The van der Waals surface area contributed by atoms with Crippen molar-refractivity contribution in [2.24, 2.45) is 5.73 Å². The van der Waals surface area contributed by atoms with E-state index in [1.165, 1.54) is 12.4 Å². The second-order valence-electron chi connectivity index (χ2n) is 5.47. The fourth-order valence-electron chi connectivity index (χ4n) is 2.65. The van der Waals surface area contributed by atoms with Gasteiger partial charge in [-0.3, -0.25) is 4.79 Å². The summed E-state index contributed by atoms with van der Waals surface area (Å²) < 4.78 is 0. The van der Waals surface area contributed by atoms with Crippen molar-refractivity contribution < 1.29 is 4.79 Å². The number of anilines is 3. The molecule has 2 aromatic heterocycles. The number of pyridine rings is 1. The Morgan fingerprint density at radius 2 is 2.09 bits per heavy atom. The second kappa shape index (κ2) is 6.57. The number of hydrogen-bond donors (Lipinski definition) is 3. The highest BCUT2D eigenvalue weighted by molar-refractivity contribution is 6.06. The van der Waals surface area contributed by atoms with E-state index >= 15 is 0 Å². The summed E-state index contributed by atoms with van der Waals surface area (Å²) >= 11 is 0. The maximum Gasteiger partial charge on any atom is 0.278 e. The van der Waals surface area contributed by atoms with Gasteiger partial charge in [0.25, 0.3) is 5.91 Å². The van der Waals surface area contributed by atoms with E-state index in [1.807, 2.05) is 0 Å². The zero-order valence-corrected chi connectivity index (χ0v) is 12.6. The summed E-state index contributed by atoms with van der Waals surface area (Å²) in [5.74, 6) is 0.389. The van der Waals surface area contributed by atoms with E-state index in [4.69, 9.17) is 11.5 Å². The number of carbonyl (C=O) groups is 1. The average Bonchev–Trinajstić information content (AvgIpc) is 2.55. The van der Waals surface area contributed by atoms with Crippen molar-refractivity contribution in [1.29, 1.82) is 0 Å². The summed E-state index contributed by atoms with van der Waals surface area (Å²) in [4.78, 5) is 26.7. The normalized spacial score (nSPS) is 17.8. The number of nitrogens with zero attached hydrogens (tertiary/aromatic N) is 4. The predicted octanol–water partition coefficient (Wildman–Crippen LogP) is 0.634. The molecule has 0 aromatic carbocycles. The summed E-state index contributed by atoms with van der Waals surface area (Å²) in [6.45, 7) is 1.58. The van der Waals surface area contributed by atoms with Crippen molar-refractivity contribution in [2.45, 2.75) is 18.9 Å². The fourth-order valence-corrected chi connectivity index (χ4v) is 2.65. The molecule has 1 aliphatic heterocycles. The molecule has 1 amide bonds. The van der Waals surface area contributed by atoms with Gasteiger partial charge in [-0.25, -0.2) is 15.0 Å². The molecule has 120 valence electrons. The molecule has 8 heteroatoms. The van der Waals surface area contributed by atoms with Crippen LogP contribution in [0.25, 0.3) is 0 Å². The van der Waals surface area contributed by atoms with Gasteiger partial charge in [0.15, 0.2) is 17.3 Å². The van der Waals surface area contributed by atoms with Gasteiger partial charge in [-0.2, -0.15) is 0 Å². The van der Waals surface area contributed by atoms with Gasteiger partial charge in [0, 0.05) is 37.7 Å². The quantitative estimate of drug-likeness (QED) is 0.759. The topological polar surface area (TPSA) is 123 Å². The molecule has 0 aliphatic carbocycles. The summed E-state index contributed by atoms with van der Waals surface area (Å²) in [5.41, 5.74) is 12.4. The van der Waals surface area contributed by atoms with Crippen LogP contribution in [0.5, 0.6) is 0 Å². The van der Waals surface area contributed by atoms with E-state index in [9.17, 15) is 4.79 Å². The molecule has 2 aromatic rings. The third-order valence-corrected chi connectivity index (χ3v) is 3.73. The number of aromatic nitrogens is 3. The van der Waals surface area contributed by atoms with Crippen molar-refractivity contribution >= 4 is 23.2 Å². The number of nitrogens with two attached hydrogens (primary N) is 2. The van der Waals surface area contributed by atoms with Gasteiger partial charge in [-0.1, -0.05) is 0 Å². The molecule has 1 fully saturated rings. The van der Waals surface area contributed by atoms with E-state index in [0.29, 0.717) is 18.1 Å². The van der Waals surface area contributed by atoms with Crippen LogP contribution >= 0.6 is 0 Å². The van der Waals surface area contributed by atoms with Crippen molar-refractivity contribution in [2.75, 3.05) is 29.0 Å². The number of hydrogen-bond acceptors (Lipinski definition) is 7. The Bertz CT molecular complexity index is 706. The van der Waals surface area contributed by atoms with E-state index in [-0.39, 0.29) is 17.6 Å². The zero-order chi connectivity index (χ0) is 16.2. The lowest BCUT2D eigenvalue weighted by Gasteiger charge is -2.32. The summed E-state index contributed by atoms with van der Waals surface area (Å²) in [5, 5.41) is 2.81. The van der Waals surface area contributed by atoms with Gasteiger partial charge in [-0.15, -0.1) is 0 Å². The lowest BCUT2D eigenvalue weighted by atomic mass is 10.1. The first-order valence-electron chi connectivity index (χ1n) is 7.48. The van der Waals surface area contributed by atoms with Gasteiger partial charge in [0.05, 0.1) is 5.69 Å². The van der Waals surface area contributed by atoms with Crippen molar-refractivity contribution in [3.63, 3.8) is 0 Å². The monoisotopic (exact) mass is 313 g/mol. The second-order valence-corrected chi connectivity index (χ2v) is 5.47. The molecule has 3 heterocycles. The molecule has 0 spiro atoms. The Hall–Kier alpha value is -2.74. The van der Waals surface area contributed by atoms with E-state index in [2.05, 4.69) is 25.2 Å². The first kappa shape index (κ1) is 15.2. The third kappa shape index (κ3) is 3.37. The lowest BCUT2D eigenvalue weighted by molar-refractivity contribution is 0.102. The Morgan fingerprint density at radius 1 is 1.26 bits per heavy atom. The fraction of sp³-hybridized carbons (Fsp3) is 0.333. The van der Waals surface area contributed by atoms with Crippen LogP contribution in [0, 0.1) is 0 Å². The van der Waals surface area contributed by atoms with Crippen LogP contribution in [0.3, 0.4) is 0 Å². The van der Waals surface area contributed by atoms with E-state index < -0.39 is 5.91 Å². The molecule has 1 unspecified atom stereocenters. The third-order valence-electron chi connectivity index (χ3n) is 3.73. The molecule has 8 nitrogen and oxygen atoms in total. The first-order chi connectivity index (χ1) is 11.1. The van der Waals surface area contributed by atoms with Crippen molar-refractivity contribution in [3.8, 4) is 0 Å². The largest absolute Gasteiger partial charge is 0.382 e. The predicted molar refractivity (Wildman–Crippen MR) is 88.1 cm³/mol. The Labute approximate surface area is 133 Å². The number of amides is 1. The standard InChI is InChI=1S/C15H19N7O/c16-10-3-2-8-22(9-10)14-11(4-1-5-20-14)21-15(23)12-13(17)19-7-6-18-12/h1,4-7,10H,2-3,8-9,16H2,(H2,17,19)(H,21,23). The SMILES string of the molecule is Nc1nccnc1C(=O)Nc1cccnc1N1CCCC(N)C1. The number of nitrogens with one attached hydrogen (secondary N) is 1. The highest BCUT2D eigenvalue weighted by Crippen LogP contribution is 2.26. The highest BCUT2D eigenvalue weighted by atomic mass is 16.1. The van der Waals surface area contributed by atoms with Gasteiger partial charge in [0.1, 0.15) is 0 Å². The Balaban J connectivity index is 1.83. The maximum absolute atomic E-state index is 12.4. The van der Waals surface area contributed by atoms with Crippen LogP contribution in [0.15, 0.2) is 30.7 Å². The number of rotatable bonds is 3. The molecule has 3 rings (SSSR count). The van der Waals surface area contributed by atoms with Crippen LogP contribution < -0.4 is 21.7 Å². The number of piperidine rings is 1. The van der Waals surface area contributed by atoms with Crippen LogP contribution in [-0.4, -0.2) is 40.0 Å². The molecular formula is C15H19N7O. The summed E-state index contributed by atoms with van der Waals surface area (Å²) in [7, 11) is 0. The number of nitrogen functional groups attached to an aromatic ring is 1. The van der Waals surface area contributed by atoms with Crippen molar-refractivity contribution in [3.05, 3.63) is 36.4 Å². The van der Waals surface area contributed by atoms with Gasteiger partial charge in [0.2, 0.25) is 0 Å². The minimum Gasteiger partial charge on any atom is -0.382 e. The molecular weight excluding hydrogens is 294 g/mol. The van der Waals surface area contributed by atoms with Crippen LogP contribution in [0.4, 0.5) is 17.3 Å². The van der Waals surface area contributed by atoms with E-state index in [1.54, 1.807) is 18.3 Å². The Kier molecular flexibility index (Phi) is 4.33. The number of carbonyl (C=O) groups excluding carboxylic acids is 1. The van der Waals surface area contributed by atoms with Crippen molar-refractivity contribution in [1.82, 2.24) is 15.0 Å². The van der Waals surface area contributed by atoms with E-state index in [0.717, 1.165) is 19.4 Å². The molecule has 5 N–H and O–H groups in total. The van der Waals surface area contributed by atoms with Crippen LogP contribution in [0.2, 0.25) is 0 Å². The Morgan fingerprint density at radius 3 is 2.87 bits per heavy atom. The molecule has 23 heavy (non-hydrogen) atoms. The van der Waals surface area contributed by atoms with Crippen LogP contribution in [-0.2, 0) is 0 Å². The highest BCUT2D eigenvalue weighted by Gasteiger charge is 2.21. The van der Waals surface area contributed by atoms with Gasteiger partial charge in [-0.05, 0) is 25.0 Å². The average molecular weight is 313 g/mol. The summed E-state index contributed by atoms with van der Waals surface area (Å²) in [6.07, 6.45) is 6.57. The molecule has 1 atom stereocenters. The first-order valence-corrected chi connectivity index (χ1v) is 7.48. The molecule has 0 radical (unpaired) electrons. The van der Waals surface area contributed by atoms with Gasteiger partial charge >= 0.3 is 0 Å². The smallest absolute Gasteiger partial charge is 0.278 e. The van der Waals surface area contributed by atoms with Crippen LogP contribution in [0.1, 0.15) is 23.3 Å². The zero-order valence-electron chi connectivity index (χ0n) is 12.6. The summed E-state index contributed by atoms with van der Waals surface area (Å²) in [6, 6.07) is 3.68.